The Morgan fingerprint density at radius 3 is 2.53 bits per heavy atom. The second kappa shape index (κ2) is 4.31. The summed E-state index contributed by atoms with van der Waals surface area (Å²) in [6, 6.07) is -1.50. The highest BCUT2D eigenvalue weighted by Gasteiger charge is 2.45. The summed E-state index contributed by atoms with van der Waals surface area (Å²) in [6.07, 6.45) is 0.720. The van der Waals surface area contributed by atoms with E-state index in [1.807, 2.05) is 0 Å². The van der Waals surface area contributed by atoms with E-state index in [1.54, 1.807) is 6.08 Å². The summed E-state index contributed by atoms with van der Waals surface area (Å²) >= 11 is 0. The van der Waals surface area contributed by atoms with Crippen molar-refractivity contribution in [2.75, 3.05) is 6.54 Å². The molecule has 3 atom stereocenters. The molecule has 15 heavy (non-hydrogen) atoms. The Labute approximate surface area is 87.0 Å². The topological polar surface area (TPSA) is 104 Å². The van der Waals surface area contributed by atoms with Crippen molar-refractivity contribution in [1.29, 1.82) is 0 Å². The zero-order valence-electron chi connectivity index (χ0n) is 8.17. The molecule has 1 aliphatic rings. The summed E-state index contributed by atoms with van der Waals surface area (Å²) < 4.78 is 0. The fourth-order valence-electron chi connectivity index (χ4n) is 1.95. The van der Waals surface area contributed by atoms with Crippen LogP contribution in [-0.2, 0) is 4.79 Å². The number of likely N-dealkylation sites (tertiary alicyclic amines) is 1. The van der Waals surface area contributed by atoms with E-state index >= 15 is 0 Å². The highest BCUT2D eigenvalue weighted by Crippen LogP contribution is 2.27. The molecule has 1 heterocycles. The van der Waals surface area contributed by atoms with E-state index in [2.05, 4.69) is 6.58 Å². The van der Waals surface area contributed by atoms with E-state index < -0.39 is 30.1 Å². The van der Waals surface area contributed by atoms with Gasteiger partial charge in [0.25, 0.3) is 0 Å². The first-order chi connectivity index (χ1) is 6.99. The molecule has 0 radical (unpaired) electrons. The average molecular weight is 214 g/mol. The Morgan fingerprint density at radius 2 is 2.13 bits per heavy atom. The molecule has 0 bridgehead atoms. The second-order valence-electron chi connectivity index (χ2n) is 3.57. The molecule has 1 aliphatic heterocycles. The maximum absolute atomic E-state index is 11.0. The maximum Gasteiger partial charge on any atom is 0.408 e. The first kappa shape index (κ1) is 11.5. The SMILES string of the molecule is C=CC[C@H]1[C@@H](C(=O)O)N(C(=O)O)C[C@@H]1N. The van der Waals surface area contributed by atoms with Gasteiger partial charge in [0.1, 0.15) is 6.04 Å². The first-order valence-electron chi connectivity index (χ1n) is 4.58. The highest BCUT2D eigenvalue weighted by molar-refractivity contribution is 5.80. The van der Waals surface area contributed by atoms with Gasteiger partial charge in [-0.25, -0.2) is 9.59 Å². The quantitative estimate of drug-likeness (QED) is 0.571. The molecule has 0 aromatic heterocycles. The van der Waals surface area contributed by atoms with Gasteiger partial charge in [0.2, 0.25) is 0 Å². The molecule has 6 nitrogen and oxygen atoms in total. The Balaban J connectivity index is 2.92. The van der Waals surface area contributed by atoms with E-state index in [0.29, 0.717) is 6.42 Å². The number of allylic oxidation sites excluding steroid dienone is 1. The monoisotopic (exact) mass is 214 g/mol. The molecule has 0 saturated carbocycles. The van der Waals surface area contributed by atoms with Crippen molar-refractivity contribution in [2.24, 2.45) is 11.7 Å². The van der Waals surface area contributed by atoms with E-state index in [1.165, 1.54) is 0 Å². The Morgan fingerprint density at radius 1 is 1.53 bits per heavy atom. The first-order valence-corrected chi connectivity index (χ1v) is 4.58. The number of amides is 1. The minimum absolute atomic E-state index is 0.0603. The molecule has 1 rings (SSSR count). The summed E-state index contributed by atoms with van der Waals surface area (Å²) in [6.45, 7) is 3.57. The minimum Gasteiger partial charge on any atom is -0.480 e. The van der Waals surface area contributed by atoms with Crippen LogP contribution in [0.5, 0.6) is 0 Å². The van der Waals surface area contributed by atoms with Crippen molar-refractivity contribution in [3.63, 3.8) is 0 Å². The Bertz CT molecular complexity index is 292. The van der Waals surface area contributed by atoms with Gasteiger partial charge in [0.05, 0.1) is 0 Å². The zero-order chi connectivity index (χ0) is 11.6. The third kappa shape index (κ3) is 2.10. The summed E-state index contributed by atoms with van der Waals surface area (Å²) in [5, 5.41) is 17.8. The predicted molar refractivity (Wildman–Crippen MR) is 52.4 cm³/mol. The number of carboxylic acid groups (broad SMARTS) is 2. The smallest absolute Gasteiger partial charge is 0.408 e. The van der Waals surface area contributed by atoms with Crippen LogP contribution in [0.1, 0.15) is 6.42 Å². The molecular weight excluding hydrogens is 200 g/mol. The number of hydrogen-bond donors (Lipinski definition) is 3. The fourth-order valence-corrected chi connectivity index (χ4v) is 1.95. The standard InChI is InChI=1S/C9H14N2O4/c1-2-3-5-6(10)4-11(9(14)15)7(5)8(12)13/h2,5-7H,1,3-4,10H2,(H,12,13)(H,14,15)/t5-,6+,7+/m1/s1. The Hall–Kier alpha value is -1.56. The van der Waals surface area contributed by atoms with Crippen LogP contribution in [0, 0.1) is 5.92 Å². The molecule has 0 unspecified atom stereocenters. The molecule has 0 aromatic carbocycles. The van der Waals surface area contributed by atoms with Crippen LogP contribution in [-0.4, -0.2) is 45.8 Å². The van der Waals surface area contributed by atoms with Crippen molar-refractivity contribution in [2.45, 2.75) is 18.5 Å². The van der Waals surface area contributed by atoms with Gasteiger partial charge in [-0.1, -0.05) is 6.08 Å². The molecule has 1 amide bonds. The molecule has 1 saturated heterocycles. The van der Waals surface area contributed by atoms with Crippen LogP contribution < -0.4 is 5.73 Å². The summed E-state index contributed by atoms with van der Waals surface area (Å²) in [5.74, 6) is -1.55. The zero-order valence-corrected chi connectivity index (χ0v) is 8.17. The average Bonchev–Trinajstić information content (AvgIpc) is 2.45. The number of rotatable bonds is 3. The largest absolute Gasteiger partial charge is 0.480 e. The van der Waals surface area contributed by atoms with Crippen molar-refractivity contribution in [3.8, 4) is 0 Å². The number of carboxylic acids is 1. The van der Waals surface area contributed by atoms with Crippen LogP contribution in [0.3, 0.4) is 0 Å². The number of nitrogens with zero attached hydrogens (tertiary/aromatic N) is 1. The summed E-state index contributed by atoms with van der Waals surface area (Å²) in [5.41, 5.74) is 5.71. The molecule has 0 aliphatic carbocycles. The lowest BCUT2D eigenvalue weighted by Crippen LogP contribution is -2.42. The van der Waals surface area contributed by atoms with Crippen molar-refractivity contribution in [3.05, 3.63) is 12.7 Å². The minimum atomic E-state index is -1.25. The van der Waals surface area contributed by atoms with Gasteiger partial charge < -0.3 is 15.9 Å². The number of hydrogen-bond acceptors (Lipinski definition) is 3. The lowest BCUT2D eigenvalue weighted by Gasteiger charge is -2.21. The molecule has 1 fully saturated rings. The van der Waals surface area contributed by atoms with Gasteiger partial charge in [-0.3, -0.25) is 4.90 Å². The molecule has 0 aromatic rings. The van der Waals surface area contributed by atoms with Crippen LogP contribution >= 0.6 is 0 Å². The molecule has 4 N–H and O–H groups in total. The Kier molecular flexibility index (Phi) is 3.31. The number of nitrogens with two attached hydrogens (primary N) is 1. The highest BCUT2D eigenvalue weighted by atomic mass is 16.4. The van der Waals surface area contributed by atoms with Crippen molar-refractivity contribution >= 4 is 12.1 Å². The number of aliphatic carboxylic acids is 1. The van der Waals surface area contributed by atoms with Crippen LogP contribution in [0.25, 0.3) is 0 Å². The molecule has 84 valence electrons. The van der Waals surface area contributed by atoms with Gasteiger partial charge in [-0.05, 0) is 6.42 Å². The van der Waals surface area contributed by atoms with Gasteiger partial charge in [0, 0.05) is 18.5 Å². The lowest BCUT2D eigenvalue weighted by atomic mass is 9.93. The van der Waals surface area contributed by atoms with E-state index in [-0.39, 0.29) is 6.54 Å². The van der Waals surface area contributed by atoms with Crippen LogP contribution in [0.4, 0.5) is 4.79 Å². The fraction of sp³-hybridized carbons (Fsp3) is 0.556. The van der Waals surface area contributed by atoms with E-state index in [0.717, 1.165) is 4.90 Å². The van der Waals surface area contributed by atoms with Gasteiger partial charge in [0.15, 0.2) is 0 Å². The normalized spacial score (nSPS) is 30.2. The predicted octanol–water partition coefficient (Wildman–Crippen LogP) is -0.0472. The summed E-state index contributed by atoms with van der Waals surface area (Å²) in [7, 11) is 0. The van der Waals surface area contributed by atoms with Crippen LogP contribution in [0.2, 0.25) is 0 Å². The van der Waals surface area contributed by atoms with Crippen molar-refractivity contribution in [1.82, 2.24) is 4.90 Å². The maximum atomic E-state index is 11.0. The molecule has 6 heteroatoms. The van der Waals surface area contributed by atoms with Crippen LogP contribution in [0.15, 0.2) is 12.7 Å². The third-order valence-corrected chi connectivity index (χ3v) is 2.64. The number of carbonyl (C=O) groups is 2. The van der Waals surface area contributed by atoms with Gasteiger partial charge in [-0.2, -0.15) is 0 Å². The van der Waals surface area contributed by atoms with Crippen molar-refractivity contribution < 1.29 is 19.8 Å². The van der Waals surface area contributed by atoms with E-state index in [4.69, 9.17) is 15.9 Å². The molecule has 0 spiro atoms. The van der Waals surface area contributed by atoms with Gasteiger partial charge >= 0.3 is 12.1 Å². The van der Waals surface area contributed by atoms with E-state index in [9.17, 15) is 9.59 Å². The summed E-state index contributed by atoms with van der Waals surface area (Å²) in [4.78, 5) is 22.6. The lowest BCUT2D eigenvalue weighted by molar-refractivity contribution is -0.142. The third-order valence-electron chi connectivity index (χ3n) is 2.64. The van der Waals surface area contributed by atoms with Gasteiger partial charge in [-0.15, -0.1) is 6.58 Å². The second-order valence-corrected chi connectivity index (χ2v) is 3.57. The molecular formula is C9H14N2O4.